The number of carboxylic acid groups (broad SMARTS) is 1. The largest absolute Gasteiger partial charge is 0.481 e. The maximum absolute atomic E-state index is 12.2. The van der Waals surface area contributed by atoms with Crippen molar-refractivity contribution in [1.29, 1.82) is 0 Å². The molecule has 5 heteroatoms. The monoisotopic (exact) mass is 283 g/mol. The third-order valence-corrected chi connectivity index (χ3v) is 3.81. The lowest BCUT2D eigenvalue weighted by Gasteiger charge is -2.28. The molecule has 1 aliphatic rings. The van der Waals surface area contributed by atoms with Crippen LogP contribution in [-0.4, -0.2) is 37.2 Å². The number of carbonyl (C=O) groups excluding carboxylic acids is 1. The molecule has 1 aliphatic carbocycles. The number of amides is 1. The summed E-state index contributed by atoms with van der Waals surface area (Å²) < 4.78 is 5.05. The van der Waals surface area contributed by atoms with Gasteiger partial charge in [-0.1, -0.05) is 26.0 Å². The molecule has 0 fully saturated rings. The molecule has 0 aromatic heterocycles. The van der Waals surface area contributed by atoms with Gasteiger partial charge in [0, 0.05) is 20.3 Å². The van der Waals surface area contributed by atoms with E-state index in [1.807, 2.05) is 12.2 Å². The van der Waals surface area contributed by atoms with E-state index in [2.05, 4.69) is 19.2 Å². The number of carboxylic acids is 1. The fraction of sp³-hybridized carbons (Fsp3) is 0.733. The Kier molecular flexibility index (Phi) is 6.20. The molecular formula is C15H25NO4. The van der Waals surface area contributed by atoms with Crippen molar-refractivity contribution < 1.29 is 19.4 Å². The summed E-state index contributed by atoms with van der Waals surface area (Å²) >= 11 is 0. The van der Waals surface area contributed by atoms with E-state index in [0.717, 1.165) is 6.42 Å². The molecule has 2 N–H and O–H groups in total. The van der Waals surface area contributed by atoms with Crippen molar-refractivity contribution in [2.45, 2.75) is 33.1 Å². The molecule has 0 aromatic carbocycles. The first-order chi connectivity index (χ1) is 9.37. The number of rotatable bonds is 7. The van der Waals surface area contributed by atoms with Crippen LogP contribution in [-0.2, 0) is 14.3 Å². The van der Waals surface area contributed by atoms with Crippen LogP contribution >= 0.6 is 0 Å². The van der Waals surface area contributed by atoms with E-state index in [-0.39, 0.29) is 11.3 Å². The molecule has 0 bridgehead atoms. The molecule has 0 heterocycles. The van der Waals surface area contributed by atoms with Gasteiger partial charge in [0.25, 0.3) is 0 Å². The van der Waals surface area contributed by atoms with Crippen molar-refractivity contribution in [2.24, 2.45) is 17.3 Å². The summed E-state index contributed by atoms with van der Waals surface area (Å²) in [6, 6.07) is 0. The van der Waals surface area contributed by atoms with E-state index in [1.54, 1.807) is 7.11 Å². The van der Waals surface area contributed by atoms with Gasteiger partial charge in [-0.2, -0.15) is 0 Å². The average Bonchev–Trinajstić information content (AvgIpc) is 2.42. The Labute approximate surface area is 120 Å². The van der Waals surface area contributed by atoms with Crippen LogP contribution in [0.5, 0.6) is 0 Å². The van der Waals surface area contributed by atoms with Crippen LogP contribution in [0.15, 0.2) is 12.2 Å². The summed E-state index contributed by atoms with van der Waals surface area (Å²) in [4.78, 5) is 23.4. The lowest BCUT2D eigenvalue weighted by molar-refractivity contribution is -0.147. The molecule has 1 amide bonds. The highest BCUT2D eigenvalue weighted by Gasteiger charge is 2.34. The van der Waals surface area contributed by atoms with Gasteiger partial charge in [0.15, 0.2) is 0 Å². The number of carbonyl (C=O) groups is 2. The lowest BCUT2D eigenvalue weighted by atomic mass is 9.82. The topological polar surface area (TPSA) is 75.6 Å². The molecule has 0 aliphatic heterocycles. The van der Waals surface area contributed by atoms with Crippen LogP contribution < -0.4 is 5.32 Å². The minimum absolute atomic E-state index is 0.0606. The van der Waals surface area contributed by atoms with Gasteiger partial charge >= 0.3 is 5.97 Å². The van der Waals surface area contributed by atoms with Gasteiger partial charge in [-0.05, 0) is 24.7 Å². The third kappa shape index (κ3) is 4.96. The highest BCUT2D eigenvalue weighted by molar-refractivity contribution is 5.85. The van der Waals surface area contributed by atoms with Gasteiger partial charge in [-0.25, -0.2) is 0 Å². The van der Waals surface area contributed by atoms with E-state index in [0.29, 0.717) is 26.0 Å². The van der Waals surface area contributed by atoms with Crippen molar-refractivity contribution in [2.75, 3.05) is 20.3 Å². The fourth-order valence-electron chi connectivity index (χ4n) is 2.30. The molecule has 2 unspecified atom stereocenters. The highest BCUT2D eigenvalue weighted by Crippen LogP contribution is 2.26. The summed E-state index contributed by atoms with van der Waals surface area (Å²) in [5.74, 6) is -2.13. The SMILES string of the molecule is COCCC(C)(C)CNC(=O)C1CC=CCC1C(=O)O. The zero-order valence-electron chi connectivity index (χ0n) is 12.5. The summed E-state index contributed by atoms with van der Waals surface area (Å²) in [7, 11) is 1.65. The van der Waals surface area contributed by atoms with Crippen molar-refractivity contribution >= 4 is 11.9 Å². The molecule has 114 valence electrons. The zero-order valence-corrected chi connectivity index (χ0v) is 12.5. The first-order valence-electron chi connectivity index (χ1n) is 7.02. The van der Waals surface area contributed by atoms with E-state index in [9.17, 15) is 14.7 Å². The summed E-state index contributed by atoms with van der Waals surface area (Å²) in [5.41, 5.74) is -0.0606. The van der Waals surface area contributed by atoms with E-state index in [4.69, 9.17) is 4.74 Å². The smallest absolute Gasteiger partial charge is 0.307 e. The standard InChI is InChI=1S/C15H25NO4/c1-15(2,8-9-20-3)10-16-13(17)11-6-4-5-7-12(11)14(18)19/h4-5,11-12H,6-10H2,1-3H3,(H,16,17)(H,18,19). The van der Waals surface area contributed by atoms with Crippen LogP contribution in [0.2, 0.25) is 0 Å². The quantitative estimate of drug-likeness (QED) is 0.699. The number of hydrogen-bond acceptors (Lipinski definition) is 3. The van der Waals surface area contributed by atoms with Crippen LogP contribution in [0.3, 0.4) is 0 Å². The highest BCUT2D eigenvalue weighted by atomic mass is 16.5. The zero-order chi connectivity index (χ0) is 15.2. The van der Waals surface area contributed by atoms with Gasteiger partial charge in [0.1, 0.15) is 0 Å². The van der Waals surface area contributed by atoms with Crippen molar-refractivity contribution in [3.05, 3.63) is 12.2 Å². The minimum atomic E-state index is -0.895. The van der Waals surface area contributed by atoms with Crippen molar-refractivity contribution in [3.8, 4) is 0 Å². The maximum Gasteiger partial charge on any atom is 0.307 e. The van der Waals surface area contributed by atoms with E-state index in [1.165, 1.54) is 0 Å². The first kappa shape index (κ1) is 16.7. The van der Waals surface area contributed by atoms with Gasteiger partial charge in [-0.15, -0.1) is 0 Å². The summed E-state index contributed by atoms with van der Waals surface area (Å²) in [6.07, 6.45) is 5.50. The molecule has 0 saturated heterocycles. The maximum atomic E-state index is 12.2. The Hall–Kier alpha value is -1.36. The number of ether oxygens (including phenoxy) is 1. The molecule has 0 saturated carbocycles. The molecule has 20 heavy (non-hydrogen) atoms. The Bertz CT molecular complexity index is 376. The van der Waals surface area contributed by atoms with Gasteiger partial charge in [0.2, 0.25) is 5.91 Å². The third-order valence-electron chi connectivity index (χ3n) is 3.81. The number of methoxy groups -OCH3 is 1. The van der Waals surface area contributed by atoms with Crippen LogP contribution in [0.4, 0.5) is 0 Å². The van der Waals surface area contributed by atoms with Gasteiger partial charge < -0.3 is 15.2 Å². The number of nitrogens with one attached hydrogen (secondary N) is 1. The van der Waals surface area contributed by atoms with Crippen LogP contribution in [0, 0.1) is 17.3 Å². The first-order valence-corrected chi connectivity index (χ1v) is 7.02. The second kappa shape index (κ2) is 7.43. The second-order valence-electron chi connectivity index (χ2n) is 6.12. The van der Waals surface area contributed by atoms with Crippen LogP contribution in [0.25, 0.3) is 0 Å². The Balaban J connectivity index is 2.53. The number of hydrogen-bond donors (Lipinski definition) is 2. The molecular weight excluding hydrogens is 258 g/mol. The summed E-state index contributed by atoms with van der Waals surface area (Å²) in [5, 5.41) is 12.1. The average molecular weight is 283 g/mol. The second-order valence-corrected chi connectivity index (χ2v) is 6.12. The number of allylic oxidation sites excluding steroid dienone is 2. The normalized spacial score (nSPS) is 22.6. The molecule has 0 spiro atoms. The Morgan fingerprint density at radius 3 is 2.45 bits per heavy atom. The molecule has 2 atom stereocenters. The minimum Gasteiger partial charge on any atom is -0.481 e. The van der Waals surface area contributed by atoms with E-state index >= 15 is 0 Å². The molecule has 0 aromatic rings. The van der Waals surface area contributed by atoms with Crippen molar-refractivity contribution in [1.82, 2.24) is 5.32 Å². The van der Waals surface area contributed by atoms with Gasteiger partial charge in [0.05, 0.1) is 11.8 Å². The lowest BCUT2D eigenvalue weighted by Crippen LogP contribution is -2.42. The fourth-order valence-corrected chi connectivity index (χ4v) is 2.30. The predicted molar refractivity (Wildman–Crippen MR) is 76.3 cm³/mol. The molecule has 1 rings (SSSR count). The summed E-state index contributed by atoms with van der Waals surface area (Å²) in [6.45, 7) is 5.29. The number of aliphatic carboxylic acids is 1. The van der Waals surface area contributed by atoms with Crippen molar-refractivity contribution in [3.63, 3.8) is 0 Å². The molecule has 0 radical (unpaired) electrons. The molecule has 5 nitrogen and oxygen atoms in total. The van der Waals surface area contributed by atoms with E-state index < -0.39 is 17.8 Å². The Morgan fingerprint density at radius 2 is 1.90 bits per heavy atom. The van der Waals surface area contributed by atoms with Gasteiger partial charge in [-0.3, -0.25) is 9.59 Å². The Morgan fingerprint density at radius 1 is 1.30 bits per heavy atom. The van der Waals surface area contributed by atoms with Crippen LogP contribution in [0.1, 0.15) is 33.1 Å². The predicted octanol–water partition coefficient (Wildman–Crippen LogP) is 1.83.